The lowest BCUT2D eigenvalue weighted by molar-refractivity contribution is -0.152. The van der Waals surface area contributed by atoms with E-state index in [-0.39, 0.29) is 18.5 Å². The summed E-state index contributed by atoms with van der Waals surface area (Å²) in [5.74, 6) is -1.11. The molecular formula is C17H19N3O5. The van der Waals surface area contributed by atoms with Crippen LogP contribution in [0.3, 0.4) is 0 Å². The number of rotatable bonds is 6. The summed E-state index contributed by atoms with van der Waals surface area (Å²) in [5.41, 5.74) is -0.309. The number of hydrogen-bond acceptors (Lipinski definition) is 5. The molecule has 8 nitrogen and oxygen atoms in total. The van der Waals surface area contributed by atoms with Crippen molar-refractivity contribution in [1.82, 2.24) is 14.5 Å². The average molecular weight is 345 g/mol. The number of nitrogens with zero attached hydrogens (tertiary/aromatic N) is 2. The van der Waals surface area contributed by atoms with Gasteiger partial charge in [-0.05, 0) is 12.5 Å². The molecule has 1 atom stereocenters. The average Bonchev–Trinajstić information content (AvgIpc) is 2.61. The lowest BCUT2D eigenvalue weighted by atomic mass is 10.1. The van der Waals surface area contributed by atoms with Crippen molar-refractivity contribution < 1.29 is 14.3 Å². The lowest BCUT2D eigenvalue weighted by Gasteiger charge is -2.25. The number of benzene rings is 1. The number of ether oxygens (including phenoxy) is 1. The summed E-state index contributed by atoms with van der Waals surface area (Å²) in [7, 11) is 1.63. The van der Waals surface area contributed by atoms with Crippen molar-refractivity contribution >= 4 is 11.9 Å². The molecule has 0 unspecified atom stereocenters. The van der Waals surface area contributed by atoms with Crippen LogP contribution in [0.25, 0.3) is 0 Å². The molecule has 2 aromatic rings. The first-order valence-electron chi connectivity index (χ1n) is 7.64. The molecule has 132 valence electrons. The first-order valence-corrected chi connectivity index (χ1v) is 7.64. The zero-order valence-corrected chi connectivity index (χ0v) is 14.0. The predicted molar refractivity (Wildman–Crippen MR) is 89.9 cm³/mol. The van der Waals surface area contributed by atoms with Crippen LogP contribution >= 0.6 is 0 Å². The summed E-state index contributed by atoms with van der Waals surface area (Å²) < 4.78 is 5.91. The van der Waals surface area contributed by atoms with E-state index in [2.05, 4.69) is 0 Å². The van der Waals surface area contributed by atoms with Crippen LogP contribution in [0.5, 0.6) is 0 Å². The zero-order valence-electron chi connectivity index (χ0n) is 14.0. The number of carbonyl (C=O) groups excluding carboxylic acids is 2. The predicted octanol–water partition coefficient (Wildman–Crippen LogP) is 0.299. The molecule has 0 fully saturated rings. The highest BCUT2D eigenvalue weighted by atomic mass is 16.5. The van der Waals surface area contributed by atoms with E-state index in [1.54, 1.807) is 7.05 Å². The highest BCUT2D eigenvalue weighted by Crippen LogP contribution is 2.18. The van der Waals surface area contributed by atoms with Crippen molar-refractivity contribution in [2.75, 3.05) is 13.7 Å². The SMILES string of the molecule is C[C@H](c1ccccc1)N(C)C(=O)COC(=O)Cn1ccc(=O)[nH]c1=O. The van der Waals surface area contributed by atoms with Crippen LogP contribution in [0.2, 0.25) is 0 Å². The molecule has 2 rings (SSSR count). The zero-order chi connectivity index (χ0) is 18.4. The number of likely N-dealkylation sites (N-methyl/N-ethyl adjacent to an activating group) is 1. The Balaban J connectivity index is 1.89. The first kappa shape index (κ1) is 18.2. The molecule has 8 heteroatoms. The van der Waals surface area contributed by atoms with Gasteiger partial charge in [0.05, 0.1) is 6.04 Å². The number of esters is 1. The van der Waals surface area contributed by atoms with Gasteiger partial charge >= 0.3 is 11.7 Å². The summed E-state index contributed by atoms with van der Waals surface area (Å²) in [6.45, 7) is 1.06. The van der Waals surface area contributed by atoms with Gasteiger partial charge in [0.25, 0.3) is 11.5 Å². The molecule has 25 heavy (non-hydrogen) atoms. The third-order valence-electron chi connectivity index (χ3n) is 3.81. The Bertz CT molecular complexity index is 856. The first-order chi connectivity index (χ1) is 11.9. The van der Waals surface area contributed by atoms with E-state index in [0.717, 1.165) is 16.2 Å². The summed E-state index contributed by atoms with van der Waals surface area (Å²) in [6.07, 6.45) is 1.19. The van der Waals surface area contributed by atoms with Gasteiger partial charge in [-0.15, -0.1) is 0 Å². The van der Waals surface area contributed by atoms with Crippen molar-refractivity contribution in [3.8, 4) is 0 Å². The molecule has 0 radical (unpaired) electrons. The summed E-state index contributed by atoms with van der Waals surface area (Å²) in [4.78, 5) is 49.9. The largest absolute Gasteiger partial charge is 0.454 e. The minimum Gasteiger partial charge on any atom is -0.454 e. The molecule has 1 aromatic carbocycles. The third kappa shape index (κ3) is 4.90. The summed E-state index contributed by atoms with van der Waals surface area (Å²) in [5, 5.41) is 0. The van der Waals surface area contributed by atoms with Gasteiger partial charge in [0, 0.05) is 19.3 Å². The van der Waals surface area contributed by atoms with Crippen LogP contribution < -0.4 is 11.2 Å². The Morgan fingerprint density at radius 2 is 1.88 bits per heavy atom. The van der Waals surface area contributed by atoms with Crippen LogP contribution in [0, 0.1) is 0 Å². The van der Waals surface area contributed by atoms with Gasteiger partial charge in [-0.25, -0.2) is 4.79 Å². The number of carbonyl (C=O) groups is 2. The number of H-pyrrole nitrogens is 1. The van der Waals surface area contributed by atoms with Gasteiger partial charge in [0.15, 0.2) is 6.61 Å². The summed E-state index contributed by atoms with van der Waals surface area (Å²) in [6, 6.07) is 10.4. The maximum absolute atomic E-state index is 12.2. The van der Waals surface area contributed by atoms with E-state index in [0.29, 0.717) is 0 Å². The van der Waals surface area contributed by atoms with E-state index >= 15 is 0 Å². The topological polar surface area (TPSA) is 101 Å². The molecule has 0 spiro atoms. The molecular weight excluding hydrogens is 326 g/mol. The van der Waals surface area contributed by atoms with Crippen LogP contribution in [-0.4, -0.2) is 40.0 Å². The minimum absolute atomic E-state index is 0.172. The number of aromatic nitrogens is 2. The van der Waals surface area contributed by atoms with E-state index in [1.807, 2.05) is 42.2 Å². The van der Waals surface area contributed by atoms with Crippen LogP contribution in [0.4, 0.5) is 0 Å². The fourth-order valence-corrected chi connectivity index (χ4v) is 2.17. The highest BCUT2D eigenvalue weighted by molar-refractivity contribution is 5.80. The smallest absolute Gasteiger partial charge is 0.328 e. The second-order valence-electron chi connectivity index (χ2n) is 5.49. The van der Waals surface area contributed by atoms with Gasteiger partial charge in [0.1, 0.15) is 6.54 Å². The fraction of sp³-hybridized carbons (Fsp3) is 0.294. The Kier molecular flexibility index (Phi) is 5.89. The molecule has 0 saturated carbocycles. The standard InChI is InChI=1S/C17H19N3O5/c1-12(13-6-4-3-5-7-13)19(2)15(22)11-25-16(23)10-20-9-8-14(21)18-17(20)24/h3-9,12H,10-11H2,1-2H3,(H,18,21,24)/t12-/m1/s1. The van der Waals surface area contributed by atoms with E-state index in [4.69, 9.17) is 4.74 Å². The van der Waals surface area contributed by atoms with Gasteiger partial charge in [-0.2, -0.15) is 0 Å². The number of hydrogen-bond donors (Lipinski definition) is 1. The van der Waals surface area contributed by atoms with Gasteiger partial charge in [-0.1, -0.05) is 30.3 Å². The summed E-state index contributed by atoms with van der Waals surface area (Å²) >= 11 is 0. The monoisotopic (exact) mass is 345 g/mol. The minimum atomic E-state index is -0.747. The number of amides is 1. The van der Waals surface area contributed by atoms with Gasteiger partial charge in [0.2, 0.25) is 0 Å². The second kappa shape index (κ2) is 8.09. The molecule has 0 bridgehead atoms. The highest BCUT2D eigenvalue weighted by Gasteiger charge is 2.18. The normalized spacial score (nSPS) is 11.6. The maximum Gasteiger partial charge on any atom is 0.328 e. The molecule has 1 N–H and O–H groups in total. The van der Waals surface area contributed by atoms with Gasteiger partial charge in [-0.3, -0.25) is 23.9 Å². The molecule has 1 aromatic heterocycles. The number of nitrogens with one attached hydrogen (secondary N) is 1. The Hall–Kier alpha value is -3.16. The molecule has 0 aliphatic carbocycles. The van der Waals surface area contributed by atoms with Gasteiger partial charge < -0.3 is 9.64 Å². The van der Waals surface area contributed by atoms with Crippen molar-refractivity contribution in [1.29, 1.82) is 0 Å². The third-order valence-corrected chi connectivity index (χ3v) is 3.81. The quantitative estimate of drug-likeness (QED) is 0.759. The van der Waals surface area contributed by atoms with Crippen molar-refractivity contribution in [3.05, 3.63) is 69.0 Å². The van der Waals surface area contributed by atoms with E-state index < -0.39 is 23.8 Å². The maximum atomic E-state index is 12.2. The second-order valence-corrected chi connectivity index (χ2v) is 5.49. The van der Waals surface area contributed by atoms with Crippen LogP contribution in [-0.2, 0) is 20.9 Å². The van der Waals surface area contributed by atoms with Crippen LogP contribution in [0.1, 0.15) is 18.5 Å². The van der Waals surface area contributed by atoms with E-state index in [1.165, 1.54) is 11.1 Å². The van der Waals surface area contributed by atoms with Crippen molar-refractivity contribution in [2.45, 2.75) is 19.5 Å². The van der Waals surface area contributed by atoms with E-state index in [9.17, 15) is 19.2 Å². The number of aromatic amines is 1. The Morgan fingerprint density at radius 3 is 2.52 bits per heavy atom. The Morgan fingerprint density at radius 1 is 1.20 bits per heavy atom. The van der Waals surface area contributed by atoms with Crippen LogP contribution in [0.15, 0.2) is 52.2 Å². The molecule has 0 aliphatic heterocycles. The molecule has 1 amide bonds. The fourth-order valence-electron chi connectivity index (χ4n) is 2.17. The van der Waals surface area contributed by atoms with Crippen molar-refractivity contribution in [2.24, 2.45) is 0 Å². The lowest BCUT2D eigenvalue weighted by Crippen LogP contribution is -2.35. The molecule has 0 aliphatic rings. The molecule has 0 saturated heterocycles. The molecule has 1 heterocycles. The Labute approximate surface area is 143 Å². The van der Waals surface area contributed by atoms with Crippen molar-refractivity contribution in [3.63, 3.8) is 0 Å².